The number of ketones is 1. The minimum Gasteiger partial charge on any atom is -0.497 e. The molecule has 15 amide bonds. The Labute approximate surface area is 742 Å². The standard InChI is InChI=1S/C87H139N15O25/c1-16-18-19-20-21-24-54(103)44-70(109)92-56(31-35-66(88)105)77(113)93-57(32-36-67(89)106)78(114)94-58(33-37-68(90)107)79(115)95-59(34-38-69(91)108)86(122)126-52(12)82(118)101-39-22-25-61(101)84(120)99(13)63(42-47(5)6)80(116)98-73-51(11)125-87(123)64(43-53-27-29-55(124-15)30-28-53)100(14)85(121)62-26-23-40-102(62)83(119)60(41-46(3)4)96-76(112)50(10)74(111)75(48(7)8)127-71(110)45-65(104)72(49(9)17-2)97-81(73)117/h27-30,46-52,54,56-65,72-73,75,103-104H,16-26,31-45H2,1-15H3,(H2,88,105)(H2,89,106)(H2,90,107)(H2,91,108)(H,92,109)(H,93,113)(H,94,114)(H,95,115)(H,96,112)(H,97,117)(H,98,116)/t49-,50-,51+,52?,54-,56?,57?,58?,59?,60-,61?,62-,63+,64-,65-,72-,73-,75-/m0/s1. The Kier molecular flexibility index (Phi) is 45.2. The first-order chi connectivity index (χ1) is 59.7. The van der Waals surface area contributed by atoms with Gasteiger partial charge < -0.3 is 109 Å². The van der Waals surface area contributed by atoms with Crippen molar-refractivity contribution in [3.63, 3.8) is 0 Å². The summed E-state index contributed by atoms with van der Waals surface area (Å²) in [6, 6.07) is -10.7. The molecule has 1 aromatic carbocycles. The van der Waals surface area contributed by atoms with Crippen molar-refractivity contribution in [1.82, 2.24) is 56.8 Å². The fraction of sp³-hybridized carbons (Fsp3) is 0.713. The molecule has 4 rings (SSSR count). The van der Waals surface area contributed by atoms with E-state index in [4.69, 9.17) is 41.9 Å². The number of likely N-dealkylation sites (N-methyl/N-ethyl adjacent to an activating group) is 2. The van der Waals surface area contributed by atoms with E-state index in [0.29, 0.717) is 24.2 Å². The number of nitrogens with zero attached hydrogens (tertiary/aromatic N) is 4. The predicted octanol–water partition coefficient (Wildman–Crippen LogP) is -0.0199. The third kappa shape index (κ3) is 34.6. The third-order valence-electron chi connectivity index (χ3n) is 23.1. The molecule has 0 bridgehead atoms. The number of carbonyl (C=O) groups excluding carboxylic acids is 19. The fourth-order valence-electron chi connectivity index (χ4n) is 15.4. The van der Waals surface area contributed by atoms with E-state index >= 15 is 24.0 Å². The Balaban J connectivity index is 1.74. The number of aliphatic hydroxyl groups excluding tert-OH is 2. The van der Waals surface area contributed by atoms with Gasteiger partial charge in [0.1, 0.15) is 72.3 Å². The van der Waals surface area contributed by atoms with Crippen LogP contribution >= 0.6 is 0 Å². The number of likely N-dealkylation sites (tertiary alicyclic amines) is 1. The number of carbonyl (C=O) groups is 19. The molecule has 0 saturated carbocycles. The number of Topliss-reactive ketones (excluding diaryl/α,β-unsaturated/α-hetero) is 1. The van der Waals surface area contributed by atoms with Crippen molar-refractivity contribution in [2.75, 3.05) is 34.3 Å². The van der Waals surface area contributed by atoms with Crippen LogP contribution in [0.15, 0.2) is 24.3 Å². The van der Waals surface area contributed by atoms with Crippen LogP contribution in [-0.4, -0.2) is 273 Å². The number of benzene rings is 1. The van der Waals surface area contributed by atoms with Crippen LogP contribution in [0.4, 0.5) is 0 Å². The molecule has 0 aliphatic carbocycles. The van der Waals surface area contributed by atoms with E-state index in [2.05, 4.69) is 37.2 Å². The van der Waals surface area contributed by atoms with E-state index in [-0.39, 0.29) is 70.4 Å². The zero-order chi connectivity index (χ0) is 95.5. The van der Waals surface area contributed by atoms with Gasteiger partial charge in [0, 0.05) is 59.3 Å². The van der Waals surface area contributed by atoms with Crippen LogP contribution in [-0.2, 0) is 112 Å². The largest absolute Gasteiger partial charge is 0.497 e. The van der Waals surface area contributed by atoms with Crippen LogP contribution in [0.5, 0.6) is 5.75 Å². The van der Waals surface area contributed by atoms with Crippen LogP contribution in [0.1, 0.15) is 236 Å². The van der Waals surface area contributed by atoms with Crippen molar-refractivity contribution in [2.24, 2.45) is 52.5 Å². The van der Waals surface area contributed by atoms with Gasteiger partial charge in [0.25, 0.3) is 5.91 Å². The number of esters is 3. The summed E-state index contributed by atoms with van der Waals surface area (Å²) in [6.07, 6.45) is -8.38. The lowest BCUT2D eigenvalue weighted by Gasteiger charge is -2.36. The highest BCUT2D eigenvalue weighted by molar-refractivity contribution is 6.05. The van der Waals surface area contributed by atoms with Gasteiger partial charge in [0.15, 0.2) is 18.0 Å². The monoisotopic (exact) mass is 1790 g/mol. The molecule has 18 atom stereocenters. The second kappa shape index (κ2) is 53.0. The maximum atomic E-state index is 15.5. The number of hydrogen-bond donors (Lipinski definition) is 13. The van der Waals surface area contributed by atoms with Gasteiger partial charge in [-0.1, -0.05) is 113 Å². The highest BCUT2D eigenvalue weighted by Crippen LogP contribution is 2.29. The molecule has 40 heteroatoms. The molecule has 0 radical (unpaired) electrons. The van der Waals surface area contributed by atoms with Crippen molar-refractivity contribution in [3.8, 4) is 5.75 Å². The molecular weight excluding hydrogens is 1660 g/mol. The van der Waals surface area contributed by atoms with E-state index in [1.54, 1.807) is 65.8 Å². The summed E-state index contributed by atoms with van der Waals surface area (Å²) in [4.78, 5) is 272. The molecule has 17 N–H and O–H groups in total. The summed E-state index contributed by atoms with van der Waals surface area (Å²) >= 11 is 0. The Morgan fingerprint density at radius 3 is 1.70 bits per heavy atom. The average Bonchev–Trinajstić information content (AvgIpc) is 1.70. The Hall–Kier alpha value is -10.9. The summed E-state index contributed by atoms with van der Waals surface area (Å²) in [5.41, 5.74) is 22.3. The number of fused-ring (bicyclic) bond motifs is 1. The zero-order valence-corrected chi connectivity index (χ0v) is 76.2. The summed E-state index contributed by atoms with van der Waals surface area (Å²) < 4.78 is 23.0. The lowest BCUT2D eigenvalue weighted by Crippen LogP contribution is -2.62. The second-order valence-electron chi connectivity index (χ2n) is 34.7. The normalized spacial score (nSPS) is 22.6. The van der Waals surface area contributed by atoms with E-state index in [0.717, 1.165) is 47.3 Å². The number of methoxy groups -OCH3 is 1. The smallest absolute Gasteiger partial charge is 0.329 e. The van der Waals surface area contributed by atoms with Crippen molar-refractivity contribution in [1.29, 1.82) is 0 Å². The summed E-state index contributed by atoms with van der Waals surface area (Å²) in [5.74, 6) is -21.7. The molecule has 127 heavy (non-hydrogen) atoms. The SMILES string of the molecule is CCCCCCC[C@H](O)CC(=O)NC(CCC(N)=O)C(=O)NC(CCC(N)=O)C(=O)NC(CCC(N)=O)C(=O)NC(CCC(N)=O)C(=O)OC(C)C(=O)N1CCCC1C(=O)N(C)[C@H](CC(C)C)C(=O)N[C@@H]1C(=O)N[C@@H]([C@@H](C)CC)[C@@H](O)CC(=O)O[C@@H](C(C)C)C(=O)[C@H](C)C(=O)N[C@@H](CC(C)C)C(=O)N2CCC[C@H]2C(=O)N(C)[C@@H](Cc2ccc(OC)cc2)C(=O)O[C@@H]1C. The number of amides is 15. The number of nitrogens with one attached hydrogen (secondary N) is 7. The quantitative estimate of drug-likeness (QED) is 0.0177. The van der Waals surface area contributed by atoms with Gasteiger partial charge in [-0.05, 0) is 133 Å². The Morgan fingerprint density at radius 1 is 0.646 bits per heavy atom. The van der Waals surface area contributed by atoms with Crippen LogP contribution in [0.2, 0.25) is 0 Å². The molecule has 1 aromatic rings. The predicted molar refractivity (Wildman–Crippen MR) is 459 cm³/mol. The van der Waals surface area contributed by atoms with E-state index in [1.807, 2.05) is 20.8 Å². The van der Waals surface area contributed by atoms with Crippen LogP contribution in [0.3, 0.4) is 0 Å². The van der Waals surface area contributed by atoms with E-state index in [1.165, 1.54) is 40.0 Å². The first kappa shape index (κ1) is 108. The number of hydrogen-bond acceptors (Lipinski definition) is 25. The molecule has 40 nitrogen and oxygen atoms in total. The van der Waals surface area contributed by atoms with E-state index < -0.39 is 297 Å². The molecule has 3 heterocycles. The molecule has 0 spiro atoms. The van der Waals surface area contributed by atoms with Crippen molar-refractivity contribution in [3.05, 3.63) is 29.8 Å². The first-order valence-electron chi connectivity index (χ1n) is 44.2. The van der Waals surface area contributed by atoms with Gasteiger partial charge in [0.2, 0.25) is 82.7 Å². The Morgan fingerprint density at radius 2 is 1.18 bits per heavy atom. The molecule has 3 fully saturated rings. The number of ether oxygens (including phenoxy) is 4. The average molecular weight is 1800 g/mol. The molecule has 3 aliphatic rings. The number of unbranched alkanes of at least 4 members (excludes halogenated alkanes) is 4. The number of nitrogens with two attached hydrogens (primary N) is 4. The molecule has 6 unspecified atom stereocenters. The minimum absolute atomic E-state index is 0.0249. The van der Waals surface area contributed by atoms with Gasteiger partial charge in [0.05, 0.1) is 44.1 Å². The molecule has 0 aromatic heterocycles. The summed E-state index contributed by atoms with van der Waals surface area (Å²) in [7, 11) is 4.05. The zero-order valence-electron chi connectivity index (χ0n) is 76.2. The van der Waals surface area contributed by atoms with Crippen LogP contribution in [0.25, 0.3) is 0 Å². The topological polar surface area (TPSA) is 603 Å². The molecule has 3 aliphatic heterocycles. The second-order valence-corrected chi connectivity index (χ2v) is 34.7. The van der Waals surface area contributed by atoms with Crippen molar-refractivity contribution < 1.29 is 120 Å². The number of aliphatic hydroxyl groups is 2. The number of cyclic esters (lactones) is 2. The van der Waals surface area contributed by atoms with Gasteiger partial charge in [-0.15, -0.1) is 0 Å². The summed E-state index contributed by atoms with van der Waals surface area (Å²) in [6.45, 7) is 19.2. The van der Waals surface area contributed by atoms with Crippen molar-refractivity contribution in [2.45, 2.75) is 334 Å². The fourth-order valence-corrected chi connectivity index (χ4v) is 15.4. The van der Waals surface area contributed by atoms with Gasteiger partial charge in [-0.3, -0.25) is 81.5 Å². The van der Waals surface area contributed by atoms with Gasteiger partial charge in [-0.25, -0.2) is 9.59 Å². The Bertz CT molecular complexity index is 3980. The minimum atomic E-state index is -1.95. The molecule has 712 valence electrons. The number of primary amides is 4. The van der Waals surface area contributed by atoms with E-state index in [9.17, 15) is 77.3 Å². The van der Waals surface area contributed by atoms with Crippen LogP contribution < -0.4 is 64.9 Å². The van der Waals surface area contributed by atoms with Gasteiger partial charge >= 0.3 is 17.9 Å². The molecular formula is C87H139N15O25. The van der Waals surface area contributed by atoms with Crippen molar-refractivity contribution >= 4 is 112 Å². The molecule has 3 saturated heterocycles. The maximum Gasteiger partial charge on any atom is 0.329 e. The van der Waals surface area contributed by atoms with Gasteiger partial charge in [-0.2, -0.15) is 0 Å². The number of rotatable bonds is 44. The maximum absolute atomic E-state index is 15.5. The first-order valence-corrected chi connectivity index (χ1v) is 44.2. The lowest BCUT2D eigenvalue weighted by molar-refractivity contribution is -0.163. The third-order valence-corrected chi connectivity index (χ3v) is 23.1. The van der Waals surface area contributed by atoms with Crippen LogP contribution in [0, 0.1) is 29.6 Å². The lowest BCUT2D eigenvalue weighted by atomic mass is 9.91. The highest BCUT2D eigenvalue weighted by Gasteiger charge is 2.48. The highest BCUT2D eigenvalue weighted by atomic mass is 16.6. The summed E-state index contributed by atoms with van der Waals surface area (Å²) in [5, 5.41) is 40.4.